The Bertz CT molecular complexity index is 1010. The van der Waals surface area contributed by atoms with Crippen molar-refractivity contribution in [2.45, 2.75) is 53.3 Å². The van der Waals surface area contributed by atoms with Gasteiger partial charge in [-0.1, -0.05) is 26.8 Å². The van der Waals surface area contributed by atoms with Crippen molar-refractivity contribution in [2.75, 3.05) is 22.5 Å². The molecule has 1 heterocycles. The first-order chi connectivity index (χ1) is 14.3. The van der Waals surface area contributed by atoms with Gasteiger partial charge < -0.3 is 16.0 Å². The minimum absolute atomic E-state index is 0.143. The Hall–Kier alpha value is -2.77. The van der Waals surface area contributed by atoms with Gasteiger partial charge in [0.05, 0.1) is 22.6 Å². The zero-order chi connectivity index (χ0) is 23.1. The van der Waals surface area contributed by atoms with Crippen molar-refractivity contribution in [1.29, 1.82) is 0 Å². The van der Waals surface area contributed by atoms with Crippen LogP contribution in [0.5, 0.6) is 0 Å². The third-order valence-electron chi connectivity index (χ3n) is 5.32. The lowest BCUT2D eigenvalue weighted by atomic mass is 9.92. The molecule has 0 atom stereocenters. The first-order valence-electron chi connectivity index (χ1n) is 10.1. The van der Waals surface area contributed by atoms with Gasteiger partial charge in [0, 0.05) is 19.5 Å². The van der Waals surface area contributed by atoms with Crippen LogP contribution in [0, 0.1) is 18.2 Å². The Labute approximate surface area is 179 Å². The maximum absolute atomic E-state index is 15.1. The first-order valence-corrected chi connectivity index (χ1v) is 10.1. The van der Waals surface area contributed by atoms with E-state index in [1.54, 1.807) is 17.9 Å². The van der Waals surface area contributed by atoms with E-state index in [0.717, 1.165) is 17.7 Å². The number of carbonyl (C=O) groups excluding carboxylic acids is 1. The Kier molecular flexibility index (Phi) is 5.95. The number of rotatable bonds is 3. The molecule has 2 aromatic rings. The second kappa shape index (κ2) is 8.05. The second-order valence-corrected chi connectivity index (χ2v) is 9.25. The fraction of sp³-hybridized carbons (Fsp3) is 0.435. The molecule has 1 aliphatic rings. The van der Waals surface area contributed by atoms with Crippen LogP contribution in [-0.2, 0) is 23.9 Å². The summed E-state index contributed by atoms with van der Waals surface area (Å²) in [7, 11) is 0. The standard InChI is InChI=1S/C23H27F4N3O/c1-13-9-17(19(24)20(28)21(13)29-18(31)11-22(2,3)4)30-8-7-14-10-16(23(25,26)27)6-5-15(14)12-30/h5-6,9-10H,7-8,11-12,28H2,1-4H3,(H,29,31). The fourth-order valence-electron chi connectivity index (χ4n) is 3.80. The lowest BCUT2D eigenvalue weighted by Gasteiger charge is -2.32. The van der Waals surface area contributed by atoms with Crippen molar-refractivity contribution >= 4 is 23.0 Å². The summed E-state index contributed by atoms with van der Waals surface area (Å²) in [5.74, 6) is -0.895. The topological polar surface area (TPSA) is 58.4 Å². The molecule has 1 aliphatic heterocycles. The van der Waals surface area contributed by atoms with Crippen LogP contribution in [0.4, 0.5) is 34.6 Å². The summed E-state index contributed by atoms with van der Waals surface area (Å²) in [5.41, 5.74) is 7.46. The van der Waals surface area contributed by atoms with Gasteiger partial charge >= 0.3 is 6.18 Å². The van der Waals surface area contributed by atoms with Crippen molar-refractivity contribution in [2.24, 2.45) is 5.41 Å². The molecule has 168 valence electrons. The number of nitrogens with two attached hydrogens (primary N) is 1. The minimum atomic E-state index is -4.39. The number of aryl methyl sites for hydroxylation is 1. The van der Waals surface area contributed by atoms with E-state index in [1.807, 2.05) is 20.8 Å². The third kappa shape index (κ3) is 5.11. The molecule has 3 N–H and O–H groups in total. The normalized spacial score (nSPS) is 14.4. The molecule has 2 aromatic carbocycles. The number of nitrogens with zero attached hydrogens (tertiary/aromatic N) is 1. The van der Waals surface area contributed by atoms with Gasteiger partial charge in [-0.3, -0.25) is 4.79 Å². The smallest absolute Gasteiger partial charge is 0.395 e. The van der Waals surface area contributed by atoms with Crippen LogP contribution in [0.15, 0.2) is 24.3 Å². The van der Waals surface area contributed by atoms with Crippen molar-refractivity contribution in [3.05, 3.63) is 52.3 Å². The van der Waals surface area contributed by atoms with Gasteiger partial charge in [-0.2, -0.15) is 13.2 Å². The van der Waals surface area contributed by atoms with Crippen LogP contribution >= 0.6 is 0 Å². The number of nitrogen functional groups attached to an aromatic ring is 1. The maximum atomic E-state index is 15.1. The molecule has 0 bridgehead atoms. The number of halogens is 4. The number of nitrogens with one attached hydrogen (secondary N) is 1. The number of amides is 1. The molecule has 0 aromatic heterocycles. The Balaban J connectivity index is 1.85. The quantitative estimate of drug-likeness (QED) is 0.480. The predicted molar refractivity (Wildman–Crippen MR) is 114 cm³/mol. The molecule has 4 nitrogen and oxygen atoms in total. The van der Waals surface area contributed by atoms with Gasteiger partial charge in [0.1, 0.15) is 0 Å². The summed E-state index contributed by atoms with van der Waals surface area (Å²) in [6.45, 7) is 8.16. The summed E-state index contributed by atoms with van der Waals surface area (Å²) < 4.78 is 54.0. The van der Waals surface area contributed by atoms with E-state index in [-0.39, 0.29) is 41.3 Å². The SMILES string of the molecule is Cc1cc(N2CCc3cc(C(F)(F)F)ccc3C2)c(F)c(N)c1NC(=O)CC(C)(C)C. The number of hydrogen-bond donors (Lipinski definition) is 2. The zero-order valence-corrected chi connectivity index (χ0v) is 18.1. The second-order valence-electron chi connectivity index (χ2n) is 9.25. The van der Waals surface area contributed by atoms with E-state index < -0.39 is 17.6 Å². The Morgan fingerprint density at radius 2 is 1.84 bits per heavy atom. The lowest BCUT2D eigenvalue weighted by Crippen LogP contribution is -2.31. The summed E-state index contributed by atoms with van der Waals surface area (Å²) in [6, 6.07) is 5.27. The highest BCUT2D eigenvalue weighted by atomic mass is 19.4. The van der Waals surface area contributed by atoms with E-state index in [1.165, 1.54) is 6.07 Å². The van der Waals surface area contributed by atoms with Gasteiger partial charge in [-0.15, -0.1) is 0 Å². The van der Waals surface area contributed by atoms with Gasteiger partial charge in [0.25, 0.3) is 0 Å². The monoisotopic (exact) mass is 437 g/mol. The van der Waals surface area contributed by atoms with Gasteiger partial charge in [-0.05, 0) is 53.6 Å². The Morgan fingerprint density at radius 1 is 1.16 bits per heavy atom. The van der Waals surface area contributed by atoms with Crippen LogP contribution in [0.1, 0.15) is 49.4 Å². The summed E-state index contributed by atoms with van der Waals surface area (Å²) in [6.07, 6.45) is -3.77. The Morgan fingerprint density at radius 3 is 2.45 bits per heavy atom. The fourth-order valence-corrected chi connectivity index (χ4v) is 3.80. The van der Waals surface area contributed by atoms with E-state index in [2.05, 4.69) is 5.32 Å². The van der Waals surface area contributed by atoms with Crippen LogP contribution < -0.4 is 16.0 Å². The molecule has 0 fully saturated rings. The average Bonchev–Trinajstić information content (AvgIpc) is 2.65. The van der Waals surface area contributed by atoms with Gasteiger partial charge in [0.15, 0.2) is 5.82 Å². The van der Waals surface area contributed by atoms with E-state index in [0.29, 0.717) is 24.1 Å². The van der Waals surface area contributed by atoms with E-state index in [4.69, 9.17) is 5.73 Å². The van der Waals surface area contributed by atoms with Crippen LogP contribution in [0.25, 0.3) is 0 Å². The molecule has 8 heteroatoms. The molecule has 0 radical (unpaired) electrons. The van der Waals surface area contributed by atoms with Crippen LogP contribution in [-0.4, -0.2) is 12.5 Å². The number of anilines is 3. The van der Waals surface area contributed by atoms with E-state index in [9.17, 15) is 18.0 Å². The molecular formula is C23H27F4N3O. The third-order valence-corrected chi connectivity index (χ3v) is 5.32. The summed E-state index contributed by atoms with van der Waals surface area (Å²) >= 11 is 0. The highest BCUT2D eigenvalue weighted by Crippen LogP contribution is 2.37. The van der Waals surface area contributed by atoms with Gasteiger partial charge in [-0.25, -0.2) is 4.39 Å². The van der Waals surface area contributed by atoms with Crippen LogP contribution in [0.2, 0.25) is 0 Å². The van der Waals surface area contributed by atoms with Crippen molar-refractivity contribution in [3.63, 3.8) is 0 Å². The van der Waals surface area contributed by atoms with Crippen molar-refractivity contribution < 1.29 is 22.4 Å². The largest absolute Gasteiger partial charge is 0.416 e. The van der Waals surface area contributed by atoms with Gasteiger partial charge in [0.2, 0.25) is 5.91 Å². The number of alkyl halides is 3. The minimum Gasteiger partial charge on any atom is -0.395 e. The number of hydrogen-bond acceptors (Lipinski definition) is 3. The zero-order valence-electron chi connectivity index (χ0n) is 18.1. The van der Waals surface area contributed by atoms with Crippen molar-refractivity contribution in [3.8, 4) is 0 Å². The molecule has 0 spiro atoms. The molecule has 1 amide bonds. The molecular weight excluding hydrogens is 410 g/mol. The highest BCUT2D eigenvalue weighted by Gasteiger charge is 2.32. The highest BCUT2D eigenvalue weighted by molar-refractivity contribution is 5.96. The average molecular weight is 437 g/mol. The molecule has 0 saturated carbocycles. The summed E-state index contributed by atoms with van der Waals surface area (Å²) in [5, 5.41) is 2.71. The summed E-state index contributed by atoms with van der Waals surface area (Å²) in [4.78, 5) is 14.0. The molecule has 3 rings (SSSR count). The molecule has 0 aliphatic carbocycles. The molecule has 0 saturated heterocycles. The van der Waals surface area contributed by atoms with E-state index >= 15 is 4.39 Å². The predicted octanol–water partition coefficient (Wildman–Crippen LogP) is 5.67. The lowest BCUT2D eigenvalue weighted by molar-refractivity contribution is -0.137. The molecule has 31 heavy (non-hydrogen) atoms. The van der Waals surface area contributed by atoms with Crippen molar-refractivity contribution in [1.82, 2.24) is 0 Å². The number of benzene rings is 2. The maximum Gasteiger partial charge on any atom is 0.416 e. The number of fused-ring (bicyclic) bond motifs is 1. The number of carbonyl (C=O) groups is 1. The first kappa shape index (κ1) is 22.9. The molecule has 0 unspecified atom stereocenters. The van der Waals surface area contributed by atoms with Crippen LogP contribution in [0.3, 0.4) is 0 Å².